The highest BCUT2D eigenvalue weighted by Gasteiger charge is 2.22. The quantitative estimate of drug-likeness (QED) is 0.737. The molecule has 0 saturated carbocycles. The van der Waals surface area contributed by atoms with Gasteiger partial charge in [0.05, 0.1) is 11.7 Å². The molecule has 0 aliphatic carbocycles. The van der Waals surface area contributed by atoms with Gasteiger partial charge in [0.2, 0.25) is 0 Å². The van der Waals surface area contributed by atoms with E-state index < -0.39 is 6.10 Å². The van der Waals surface area contributed by atoms with Gasteiger partial charge >= 0.3 is 0 Å². The number of carbonyl (C=O) groups is 1. The van der Waals surface area contributed by atoms with Gasteiger partial charge in [0.15, 0.2) is 0 Å². The van der Waals surface area contributed by atoms with Crippen molar-refractivity contribution >= 4 is 17.2 Å². The van der Waals surface area contributed by atoms with Crippen LogP contribution in [0.2, 0.25) is 0 Å². The number of aliphatic hydroxyl groups excluding tert-OH is 1. The number of amides is 1. The summed E-state index contributed by atoms with van der Waals surface area (Å²) in [6.07, 6.45) is 0.701. The predicted molar refractivity (Wildman–Crippen MR) is 90.2 cm³/mol. The van der Waals surface area contributed by atoms with E-state index >= 15 is 0 Å². The van der Waals surface area contributed by atoms with E-state index in [0.29, 0.717) is 10.6 Å². The molecule has 24 heavy (non-hydrogen) atoms. The fourth-order valence-corrected chi connectivity index (χ4v) is 3.43. The van der Waals surface area contributed by atoms with Crippen LogP contribution in [0.3, 0.4) is 0 Å². The maximum Gasteiger partial charge on any atom is 0.254 e. The number of tetrazole rings is 1. The predicted octanol–water partition coefficient (Wildman–Crippen LogP) is 1.80. The summed E-state index contributed by atoms with van der Waals surface area (Å²) in [4.78, 5) is 13.7. The van der Waals surface area contributed by atoms with Gasteiger partial charge in [-0.05, 0) is 35.4 Å². The lowest BCUT2D eigenvalue weighted by Crippen LogP contribution is -2.29. The van der Waals surface area contributed by atoms with Gasteiger partial charge in [0, 0.05) is 11.4 Å². The number of nitrogens with zero attached hydrogens (tertiary/aromatic N) is 4. The Morgan fingerprint density at radius 3 is 2.75 bits per heavy atom. The van der Waals surface area contributed by atoms with Crippen LogP contribution in [0.25, 0.3) is 5.00 Å². The van der Waals surface area contributed by atoms with E-state index in [1.807, 2.05) is 44.2 Å². The van der Waals surface area contributed by atoms with Crippen molar-refractivity contribution < 1.29 is 9.90 Å². The molecule has 0 bridgehead atoms. The van der Waals surface area contributed by atoms with Crippen molar-refractivity contribution in [3.63, 3.8) is 0 Å². The second-order valence-electron chi connectivity index (χ2n) is 5.35. The molecule has 1 amide bonds. The van der Waals surface area contributed by atoms with Crippen molar-refractivity contribution in [1.29, 1.82) is 0 Å². The van der Waals surface area contributed by atoms with E-state index in [1.165, 1.54) is 22.3 Å². The Kier molecular flexibility index (Phi) is 4.68. The van der Waals surface area contributed by atoms with Crippen LogP contribution < -0.4 is 5.32 Å². The Bertz CT molecular complexity index is 830. The van der Waals surface area contributed by atoms with Gasteiger partial charge in [-0.3, -0.25) is 4.79 Å². The number of aryl methyl sites for hydroxylation is 1. The summed E-state index contributed by atoms with van der Waals surface area (Å²) < 4.78 is 1.48. The molecule has 2 aromatic heterocycles. The lowest BCUT2D eigenvalue weighted by molar-refractivity contribution is 0.0916. The van der Waals surface area contributed by atoms with Gasteiger partial charge < -0.3 is 10.4 Å². The minimum Gasteiger partial charge on any atom is -0.387 e. The lowest BCUT2D eigenvalue weighted by Gasteiger charge is -2.13. The Morgan fingerprint density at radius 1 is 1.33 bits per heavy atom. The molecule has 8 heteroatoms. The highest BCUT2D eigenvalue weighted by molar-refractivity contribution is 7.15. The SMILES string of the molecule is Cc1sc(-n2cnnn2)c(C(=O)NC[C@@H](O)c2ccccc2)c1C. The Hall–Kier alpha value is -2.58. The second kappa shape index (κ2) is 6.90. The topological polar surface area (TPSA) is 92.9 Å². The molecule has 1 aromatic carbocycles. The number of thiophene rings is 1. The molecule has 2 N–H and O–H groups in total. The molecular formula is C16H17N5O2S. The molecule has 2 heterocycles. The smallest absolute Gasteiger partial charge is 0.254 e. The number of nitrogens with one attached hydrogen (secondary N) is 1. The van der Waals surface area contributed by atoms with Gasteiger partial charge in [0.1, 0.15) is 11.3 Å². The minimum atomic E-state index is -0.758. The molecule has 7 nitrogen and oxygen atoms in total. The maximum atomic E-state index is 12.6. The zero-order valence-electron chi connectivity index (χ0n) is 13.3. The van der Waals surface area contributed by atoms with Crippen LogP contribution in [0.4, 0.5) is 0 Å². The third kappa shape index (κ3) is 3.19. The molecule has 0 spiro atoms. The van der Waals surface area contributed by atoms with Crippen molar-refractivity contribution in [2.24, 2.45) is 0 Å². The van der Waals surface area contributed by atoms with Crippen LogP contribution in [0.5, 0.6) is 0 Å². The first-order valence-corrected chi connectivity index (χ1v) is 8.24. The van der Waals surface area contributed by atoms with Gasteiger partial charge in [-0.1, -0.05) is 30.3 Å². The number of benzene rings is 1. The fourth-order valence-electron chi connectivity index (χ4n) is 2.36. The number of aromatic nitrogens is 4. The number of hydrogen-bond donors (Lipinski definition) is 2. The highest BCUT2D eigenvalue weighted by atomic mass is 32.1. The van der Waals surface area contributed by atoms with Gasteiger partial charge in [-0.15, -0.1) is 16.4 Å². The molecule has 0 fully saturated rings. The van der Waals surface area contributed by atoms with E-state index in [9.17, 15) is 9.90 Å². The summed E-state index contributed by atoms with van der Waals surface area (Å²) in [6.45, 7) is 3.97. The molecule has 124 valence electrons. The molecule has 0 aliphatic rings. The van der Waals surface area contributed by atoms with Gasteiger partial charge in [-0.25, -0.2) is 0 Å². The minimum absolute atomic E-state index is 0.131. The third-order valence-electron chi connectivity index (χ3n) is 3.79. The first-order valence-electron chi connectivity index (χ1n) is 7.42. The molecule has 3 aromatic rings. The third-order valence-corrected chi connectivity index (χ3v) is 4.99. The molecule has 1 atom stereocenters. The van der Waals surface area contributed by atoms with Gasteiger partial charge in [0.25, 0.3) is 5.91 Å². The summed E-state index contributed by atoms with van der Waals surface area (Å²) in [5.74, 6) is -0.252. The molecule has 0 unspecified atom stereocenters. The Balaban J connectivity index is 1.78. The van der Waals surface area contributed by atoms with Crippen molar-refractivity contribution in [1.82, 2.24) is 25.5 Å². The van der Waals surface area contributed by atoms with E-state index in [2.05, 4.69) is 20.8 Å². The van der Waals surface area contributed by atoms with Crippen LogP contribution in [-0.4, -0.2) is 37.8 Å². The average molecular weight is 343 g/mol. The van der Waals surface area contributed by atoms with Gasteiger partial charge in [-0.2, -0.15) is 4.68 Å². The monoisotopic (exact) mass is 343 g/mol. The zero-order chi connectivity index (χ0) is 17.1. The fraction of sp³-hybridized carbons (Fsp3) is 0.250. The molecule has 0 saturated heterocycles. The maximum absolute atomic E-state index is 12.6. The molecule has 0 radical (unpaired) electrons. The first kappa shape index (κ1) is 16.3. The van der Waals surface area contributed by atoms with Crippen LogP contribution in [-0.2, 0) is 0 Å². The molecule has 3 rings (SSSR count). The van der Waals surface area contributed by atoms with Crippen molar-refractivity contribution in [3.05, 3.63) is 58.2 Å². The Morgan fingerprint density at radius 2 is 2.08 bits per heavy atom. The van der Waals surface area contributed by atoms with E-state index in [-0.39, 0.29) is 12.5 Å². The van der Waals surface area contributed by atoms with Crippen molar-refractivity contribution in [2.45, 2.75) is 20.0 Å². The van der Waals surface area contributed by atoms with Crippen LogP contribution in [0.1, 0.15) is 32.5 Å². The molecule has 0 aliphatic heterocycles. The number of rotatable bonds is 5. The zero-order valence-corrected chi connectivity index (χ0v) is 14.1. The molecular weight excluding hydrogens is 326 g/mol. The van der Waals surface area contributed by atoms with Crippen LogP contribution >= 0.6 is 11.3 Å². The number of aliphatic hydroxyl groups is 1. The van der Waals surface area contributed by atoms with E-state index in [4.69, 9.17) is 0 Å². The number of carbonyl (C=O) groups excluding carboxylic acids is 1. The van der Waals surface area contributed by atoms with E-state index in [1.54, 1.807) is 0 Å². The summed E-state index contributed by atoms with van der Waals surface area (Å²) >= 11 is 1.45. The average Bonchev–Trinajstić information content (AvgIpc) is 3.22. The van der Waals surface area contributed by atoms with Crippen molar-refractivity contribution in [3.8, 4) is 5.00 Å². The standard InChI is InChI=1S/C16H17N5O2S/c1-10-11(2)24-16(21-9-18-19-20-21)14(10)15(23)17-8-13(22)12-6-4-3-5-7-12/h3-7,9,13,22H,8H2,1-2H3,(H,17,23)/t13-/m1/s1. The summed E-state index contributed by atoms with van der Waals surface area (Å²) in [5.41, 5.74) is 2.18. The summed E-state index contributed by atoms with van der Waals surface area (Å²) in [5, 5.41) is 24.8. The van der Waals surface area contributed by atoms with E-state index in [0.717, 1.165) is 16.0 Å². The second-order valence-corrected chi connectivity index (χ2v) is 6.56. The van der Waals surface area contributed by atoms with Crippen LogP contribution in [0.15, 0.2) is 36.7 Å². The Labute approximate surface area is 142 Å². The summed E-state index contributed by atoms with van der Waals surface area (Å²) in [6, 6.07) is 9.22. The normalized spacial score (nSPS) is 12.1. The van der Waals surface area contributed by atoms with Crippen LogP contribution in [0, 0.1) is 13.8 Å². The first-order chi connectivity index (χ1) is 11.6. The highest BCUT2D eigenvalue weighted by Crippen LogP contribution is 2.30. The number of hydrogen-bond acceptors (Lipinski definition) is 6. The van der Waals surface area contributed by atoms with Crippen molar-refractivity contribution in [2.75, 3.05) is 6.54 Å². The lowest BCUT2D eigenvalue weighted by atomic mass is 10.1. The largest absolute Gasteiger partial charge is 0.387 e. The summed E-state index contributed by atoms with van der Waals surface area (Å²) in [7, 11) is 0.